The van der Waals surface area contributed by atoms with Gasteiger partial charge in [0.2, 0.25) is 5.11 Å². The highest BCUT2D eigenvalue weighted by Gasteiger charge is 2.10. The average molecular weight is 322 g/mol. The first-order valence-corrected chi connectivity index (χ1v) is 7.34. The van der Waals surface area contributed by atoms with E-state index < -0.39 is 0 Å². The number of benzene rings is 2. The summed E-state index contributed by atoms with van der Waals surface area (Å²) in [5.41, 5.74) is 8.28. The van der Waals surface area contributed by atoms with Gasteiger partial charge in [-0.25, -0.2) is 0 Å². The molecule has 0 unspecified atom stereocenters. The van der Waals surface area contributed by atoms with E-state index in [4.69, 9.17) is 18.0 Å². The van der Waals surface area contributed by atoms with Crippen LogP contribution in [0.3, 0.4) is 0 Å². The molecular weight excluding hydrogens is 308 g/mol. The minimum absolute atomic E-state index is 0.0463. The Morgan fingerprint density at radius 1 is 1.04 bits per heavy atom. The zero-order valence-corrected chi connectivity index (χ0v) is 12.9. The maximum atomic E-state index is 10.2. The van der Waals surface area contributed by atoms with Crippen molar-refractivity contribution >= 4 is 40.0 Å². The Morgan fingerprint density at radius 2 is 1.74 bits per heavy atom. The fourth-order valence-electron chi connectivity index (χ4n) is 2.31. The van der Waals surface area contributed by atoms with Crippen molar-refractivity contribution < 1.29 is 5.11 Å². The molecule has 0 radical (unpaired) electrons. The van der Waals surface area contributed by atoms with Crippen LogP contribution < -0.4 is 5.73 Å². The van der Waals surface area contributed by atoms with Crippen LogP contribution in [0.2, 0.25) is 0 Å². The Labute approximate surface area is 138 Å². The molecule has 3 rings (SSSR count). The lowest BCUT2D eigenvalue weighted by Gasteiger charge is -2.01. The number of hydrogen-bond donors (Lipinski definition) is 3. The van der Waals surface area contributed by atoms with Gasteiger partial charge in [0.25, 0.3) is 0 Å². The van der Waals surface area contributed by atoms with E-state index in [1.807, 2.05) is 54.6 Å². The Balaban J connectivity index is 2.17. The molecule has 0 bridgehead atoms. The first-order valence-electron chi connectivity index (χ1n) is 6.93. The average Bonchev–Trinajstić information content (AvgIpc) is 2.87. The van der Waals surface area contributed by atoms with Crippen molar-refractivity contribution in [3.8, 4) is 5.88 Å². The largest absolute Gasteiger partial charge is 0.494 e. The molecule has 0 spiro atoms. The van der Waals surface area contributed by atoms with Gasteiger partial charge in [-0.1, -0.05) is 48.5 Å². The standard InChI is InChI=1S/C17H14N4OS/c18-17(23)21-20-15(11-6-2-1-3-7-11)10-13-12-8-4-5-9-14(12)19-16(13)22/h1-10,19,22H,(H2,18,23)/b15-10-,21-20?. The van der Waals surface area contributed by atoms with Gasteiger partial charge in [0.1, 0.15) is 0 Å². The van der Waals surface area contributed by atoms with Crippen LogP contribution in [0.4, 0.5) is 0 Å². The number of nitrogens with two attached hydrogens (primary N) is 1. The molecule has 0 aliphatic carbocycles. The lowest BCUT2D eigenvalue weighted by atomic mass is 10.1. The lowest BCUT2D eigenvalue weighted by molar-refractivity contribution is 0.457. The van der Waals surface area contributed by atoms with E-state index in [2.05, 4.69) is 15.2 Å². The Bertz CT molecular complexity index is 913. The molecule has 0 saturated heterocycles. The van der Waals surface area contributed by atoms with Crippen molar-refractivity contribution in [2.75, 3.05) is 0 Å². The number of azo groups is 1. The summed E-state index contributed by atoms with van der Waals surface area (Å²) in [6.07, 6.45) is 1.76. The van der Waals surface area contributed by atoms with E-state index >= 15 is 0 Å². The van der Waals surface area contributed by atoms with Crippen molar-refractivity contribution in [1.82, 2.24) is 4.98 Å². The molecule has 0 amide bonds. The molecule has 0 atom stereocenters. The maximum absolute atomic E-state index is 10.2. The van der Waals surface area contributed by atoms with Gasteiger partial charge in [-0.3, -0.25) is 0 Å². The predicted molar refractivity (Wildman–Crippen MR) is 95.9 cm³/mol. The smallest absolute Gasteiger partial charge is 0.211 e. The highest BCUT2D eigenvalue weighted by atomic mass is 32.1. The molecule has 114 valence electrons. The van der Waals surface area contributed by atoms with Crippen molar-refractivity contribution in [2.45, 2.75) is 0 Å². The van der Waals surface area contributed by atoms with E-state index in [1.54, 1.807) is 6.08 Å². The number of thiocarbonyl (C=S) groups is 1. The Hall–Kier alpha value is -2.99. The third-order valence-corrected chi connectivity index (χ3v) is 3.41. The molecule has 2 aromatic carbocycles. The zero-order chi connectivity index (χ0) is 16.2. The molecule has 0 saturated carbocycles. The number of para-hydroxylation sites is 1. The molecule has 0 aliphatic heterocycles. The SMILES string of the molecule is NC(=S)N=N/C(=C\c1c(O)[nH]c2ccccc12)c1ccccc1. The third-order valence-electron chi connectivity index (χ3n) is 3.33. The number of aromatic hydroxyl groups is 1. The van der Waals surface area contributed by atoms with Crippen molar-refractivity contribution in [3.63, 3.8) is 0 Å². The van der Waals surface area contributed by atoms with Crippen molar-refractivity contribution in [3.05, 3.63) is 65.7 Å². The summed E-state index contributed by atoms with van der Waals surface area (Å²) in [6, 6.07) is 17.1. The molecule has 0 aliphatic rings. The number of H-pyrrole nitrogens is 1. The van der Waals surface area contributed by atoms with Gasteiger partial charge in [0, 0.05) is 22.0 Å². The van der Waals surface area contributed by atoms with Gasteiger partial charge in [0.05, 0.1) is 5.70 Å². The summed E-state index contributed by atoms with van der Waals surface area (Å²) in [5, 5.41) is 18.9. The summed E-state index contributed by atoms with van der Waals surface area (Å²) >= 11 is 4.75. The predicted octanol–water partition coefficient (Wildman–Crippen LogP) is 4.07. The van der Waals surface area contributed by atoms with Crippen LogP contribution in [0, 0.1) is 0 Å². The molecule has 1 aromatic heterocycles. The number of nitrogens with zero attached hydrogens (tertiary/aromatic N) is 2. The molecule has 0 fully saturated rings. The number of hydrogen-bond acceptors (Lipinski definition) is 3. The molecule has 23 heavy (non-hydrogen) atoms. The minimum Gasteiger partial charge on any atom is -0.494 e. The van der Waals surface area contributed by atoms with E-state index in [9.17, 15) is 5.11 Å². The summed E-state index contributed by atoms with van der Waals surface area (Å²) in [6.45, 7) is 0. The minimum atomic E-state index is -0.0463. The van der Waals surface area contributed by atoms with Gasteiger partial charge >= 0.3 is 0 Å². The summed E-state index contributed by atoms with van der Waals surface area (Å²) < 4.78 is 0. The van der Waals surface area contributed by atoms with Crippen LogP contribution in [-0.4, -0.2) is 15.2 Å². The van der Waals surface area contributed by atoms with Gasteiger partial charge in [0.15, 0.2) is 5.88 Å². The van der Waals surface area contributed by atoms with Gasteiger partial charge in [-0.2, -0.15) is 0 Å². The zero-order valence-electron chi connectivity index (χ0n) is 12.1. The highest BCUT2D eigenvalue weighted by Crippen LogP contribution is 2.31. The summed E-state index contributed by atoms with van der Waals surface area (Å²) in [7, 11) is 0. The normalized spacial score (nSPS) is 12.1. The number of aromatic nitrogens is 1. The van der Waals surface area contributed by atoms with E-state index in [-0.39, 0.29) is 11.0 Å². The van der Waals surface area contributed by atoms with Gasteiger partial charge < -0.3 is 15.8 Å². The summed E-state index contributed by atoms with van der Waals surface area (Å²) in [5.74, 6) is 0.0742. The number of rotatable bonds is 3. The molecule has 4 N–H and O–H groups in total. The maximum Gasteiger partial charge on any atom is 0.211 e. The molecular formula is C17H14N4OS. The van der Waals surface area contributed by atoms with Crippen LogP contribution in [0.15, 0.2) is 64.8 Å². The second-order valence-electron chi connectivity index (χ2n) is 4.87. The van der Waals surface area contributed by atoms with E-state index in [0.717, 1.165) is 16.5 Å². The first kappa shape index (κ1) is 14.9. The van der Waals surface area contributed by atoms with E-state index in [1.165, 1.54) is 0 Å². The number of fused-ring (bicyclic) bond motifs is 1. The first-order chi connectivity index (χ1) is 11.1. The fraction of sp³-hybridized carbons (Fsp3) is 0. The molecule has 1 heterocycles. The highest BCUT2D eigenvalue weighted by molar-refractivity contribution is 7.80. The second kappa shape index (κ2) is 6.41. The molecule has 6 heteroatoms. The van der Waals surface area contributed by atoms with Crippen molar-refractivity contribution in [2.24, 2.45) is 16.0 Å². The Morgan fingerprint density at radius 3 is 2.48 bits per heavy atom. The lowest BCUT2D eigenvalue weighted by Crippen LogP contribution is -2.01. The second-order valence-corrected chi connectivity index (χ2v) is 5.28. The summed E-state index contributed by atoms with van der Waals surface area (Å²) in [4.78, 5) is 2.94. The van der Waals surface area contributed by atoms with Crippen molar-refractivity contribution in [1.29, 1.82) is 0 Å². The number of aromatic amines is 1. The van der Waals surface area contributed by atoms with E-state index in [0.29, 0.717) is 11.3 Å². The van der Waals surface area contributed by atoms with Gasteiger partial charge in [-0.15, -0.1) is 10.2 Å². The van der Waals surface area contributed by atoms with Crippen LogP contribution in [-0.2, 0) is 0 Å². The van der Waals surface area contributed by atoms with Crippen LogP contribution in [0.5, 0.6) is 5.88 Å². The van der Waals surface area contributed by atoms with Gasteiger partial charge in [-0.05, 0) is 24.4 Å². The van der Waals surface area contributed by atoms with Crippen LogP contribution in [0.1, 0.15) is 11.1 Å². The number of nitrogens with one attached hydrogen (secondary N) is 1. The van der Waals surface area contributed by atoms with Crippen LogP contribution in [0.25, 0.3) is 22.7 Å². The third kappa shape index (κ3) is 3.27. The monoisotopic (exact) mass is 322 g/mol. The molecule has 3 aromatic rings. The molecule has 5 nitrogen and oxygen atoms in total. The quantitative estimate of drug-likeness (QED) is 0.502. The topological polar surface area (TPSA) is 86.8 Å². The van der Waals surface area contributed by atoms with Crippen LogP contribution >= 0.6 is 12.2 Å². The fourth-order valence-corrected chi connectivity index (χ4v) is 2.36. The Kier molecular flexibility index (Phi) is 4.16.